The number of nitrogens with zero attached hydrogens (tertiary/aromatic N) is 3. The van der Waals surface area contributed by atoms with Gasteiger partial charge in [-0.3, -0.25) is 14.6 Å². The van der Waals surface area contributed by atoms with Crippen molar-refractivity contribution in [1.29, 1.82) is 0 Å². The molecule has 11 heteroatoms. The Kier molecular flexibility index (Phi) is 5.57. The van der Waals surface area contributed by atoms with Gasteiger partial charge in [0, 0.05) is 19.2 Å². The Morgan fingerprint density at radius 2 is 1.97 bits per heavy atom. The Bertz CT molecular complexity index is 886. The van der Waals surface area contributed by atoms with Crippen molar-refractivity contribution in [2.45, 2.75) is 31.1 Å². The highest BCUT2D eigenvalue weighted by Gasteiger charge is 2.49. The Morgan fingerprint density at radius 1 is 1.24 bits per heavy atom. The molecule has 0 aromatic carbocycles. The molecule has 0 radical (unpaired) electrons. The van der Waals surface area contributed by atoms with Crippen LogP contribution < -0.4 is 4.90 Å². The summed E-state index contributed by atoms with van der Waals surface area (Å²) in [4.78, 5) is 41.5. The molecule has 2 amide bonds. The number of hydrogen-bond acceptors (Lipinski definition) is 5. The third kappa shape index (κ3) is 4.23. The molecule has 2 aromatic heterocycles. The Hall–Kier alpha value is -3.37. The SMILES string of the molecule is O=C(O)C(F)(F)F.O=C(c1ccoc1)N1CC[C@H]2[C@H]1CC(=O)N2c1cccnc1. The fraction of sp³-hybridized carbons (Fsp3) is 0.333. The van der Waals surface area contributed by atoms with Gasteiger partial charge < -0.3 is 19.3 Å². The molecule has 2 fully saturated rings. The number of halogens is 3. The summed E-state index contributed by atoms with van der Waals surface area (Å²) in [6, 6.07) is 5.32. The van der Waals surface area contributed by atoms with Gasteiger partial charge in [-0.15, -0.1) is 0 Å². The predicted octanol–water partition coefficient (Wildman–Crippen LogP) is 2.33. The zero-order chi connectivity index (χ0) is 21.2. The van der Waals surface area contributed by atoms with E-state index in [1.165, 1.54) is 12.5 Å². The molecular weight excluding hydrogens is 395 g/mol. The van der Waals surface area contributed by atoms with Crippen molar-refractivity contribution < 1.29 is 37.1 Å². The van der Waals surface area contributed by atoms with Crippen LogP contribution in [0.4, 0.5) is 18.9 Å². The summed E-state index contributed by atoms with van der Waals surface area (Å²) < 4.78 is 36.7. The van der Waals surface area contributed by atoms with Gasteiger partial charge >= 0.3 is 12.1 Å². The van der Waals surface area contributed by atoms with E-state index in [1.807, 2.05) is 12.1 Å². The van der Waals surface area contributed by atoms with Crippen LogP contribution >= 0.6 is 0 Å². The minimum absolute atomic E-state index is 0.0348. The number of fused-ring (bicyclic) bond motifs is 1. The van der Waals surface area contributed by atoms with E-state index >= 15 is 0 Å². The summed E-state index contributed by atoms with van der Waals surface area (Å²) in [6.45, 7) is 0.656. The summed E-state index contributed by atoms with van der Waals surface area (Å²) in [5, 5.41) is 7.12. The summed E-state index contributed by atoms with van der Waals surface area (Å²) in [5.41, 5.74) is 1.34. The number of carboxylic acid groups (broad SMARTS) is 1. The average Bonchev–Trinajstić information content (AvgIpc) is 3.38. The average molecular weight is 411 g/mol. The molecule has 0 saturated carbocycles. The first-order valence-electron chi connectivity index (χ1n) is 8.55. The van der Waals surface area contributed by atoms with Gasteiger partial charge in [-0.25, -0.2) is 4.79 Å². The Balaban J connectivity index is 0.000000298. The molecule has 29 heavy (non-hydrogen) atoms. The Morgan fingerprint density at radius 3 is 2.52 bits per heavy atom. The zero-order valence-electron chi connectivity index (χ0n) is 14.9. The highest BCUT2D eigenvalue weighted by Crippen LogP contribution is 2.36. The van der Waals surface area contributed by atoms with Crippen molar-refractivity contribution in [1.82, 2.24) is 9.88 Å². The number of carbonyl (C=O) groups is 3. The molecule has 2 aromatic rings. The lowest BCUT2D eigenvalue weighted by atomic mass is 10.1. The van der Waals surface area contributed by atoms with E-state index in [9.17, 15) is 22.8 Å². The van der Waals surface area contributed by atoms with Crippen LogP contribution in [0.2, 0.25) is 0 Å². The minimum atomic E-state index is -5.08. The van der Waals surface area contributed by atoms with Gasteiger partial charge in [0.25, 0.3) is 5.91 Å². The summed E-state index contributed by atoms with van der Waals surface area (Å²) in [6.07, 6.45) is 2.39. The predicted molar refractivity (Wildman–Crippen MR) is 92.0 cm³/mol. The van der Waals surface area contributed by atoms with E-state index in [4.69, 9.17) is 14.3 Å². The van der Waals surface area contributed by atoms with Crippen LogP contribution in [0.3, 0.4) is 0 Å². The van der Waals surface area contributed by atoms with Crippen molar-refractivity contribution >= 4 is 23.5 Å². The molecule has 2 aliphatic heterocycles. The number of amides is 2. The van der Waals surface area contributed by atoms with E-state index < -0.39 is 12.1 Å². The van der Waals surface area contributed by atoms with Gasteiger partial charge in [-0.2, -0.15) is 13.2 Å². The molecule has 4 heterocycles. The number of hydrogen-bond donors (Lipinski definition) is 1. The van der Waals surface area contributed by atoms with Crippen LogP contribution in [0.15, 0.2) is 47.5 Å². The van der Waals surface area contributed by atoms with Crippen LogP contribution in [0, 0.1) is 0 Å². The smallest absolute Gasteiger partial charge is 0.475 e. The molecule has 1 N–H and O–H groups in total. The molecular formula is C18H16F3N3O5. The van der Waals surface area contributed by atoms with Crippen molar-refractivity contribution in [3.63, 3.8) is 0 Å². The molecule has 0 spiro atoms. The minimum Gasteiger partial charge on any atom is -0.475 e. The lowest BCUT2D eigenvalue weighted by Gasteiger charge is -2.25. The number of alkyl halides is 3. The fourth-order valence-corrected chi connectivity index (χ4v) is 3.48. The number of carbonyl (C=O) groups excluding carboxylic acids is 2. The lowest BCUT2D eigenvalue weighted by Crippen LogP contribution is -2.39. The number of pyridine rings is 1. The number of furan rings is 1. The van der Waals surface area contributed by atoms with Crippen molar-refractivity contribution in [3.8, 4) is 0 Å². The van der Waals surface area contributed by atoms with Crippen molar-refractivity contribution in [3.05, 3.63) is 48.7 Å². The number of anilines is 1. The Labute approximate surface area is 162 Å². The molecule has 2 aliphatic rings. The zero-order valence-corrected chi connectivity index (χ0v) is 14.9. The van der Waals surface area contributed by atoms with Gasteiger partial charge in [0.2, 0.25) is 5.91 Å². The maximum absolute atomic E-state index is 12.5. The van der Waals surface area contributed by atoms with Gasteiger partial charge in [0.1, 0.15) is 6.26 Å². The van der Waals surface area contributed by atoms with Gasteiger partial charge in [-0.1, -0.05) is 0 Å². The van der Waals surface area contributed by atoms with Crippen LogP contribution in [0.5, 0.6) is 0 Å². The first kappa shape index (κ1) is 20.4. The molecule has 2 saturated heterocycles. The highest BCUT2D eigenvalue weighted by molar-refractivity contribution is 6.00. The first-order valence-corrected chi connectivity index (χ1v) is 8.55. The molecule has 0 bridgehead atoms. The maximum atomic E-state index is 12.5. The first-order chi connectivity index (χ1) is 13.7. The summed E-state index contributed by atoms with van der Waals surface area (Å²) >= 11 is 0. The second-order valence-corrected chi connectivity index (χ2v) is 6.42. The van der Waals surface area contributed by atoms with Crippen LogP contribution in [0.25, 0.3) is 0 Å². The highest BCUT2D eigenvalue weighted by atomic mass is 19.4. The molecule has 0 unspecified atom stereocenters. The monoisotopic (exact) mass is 411 g/mol. The van der Waals surface area contributed by atoms with Crippen LogP contribution in [-0.2, 0) is 9.59 Å². The molecule has 8 nitrogen and oxygen atoms in total. The van der Waals surface area contributed by atoms with Crippen LogP contribution in [-0.4, -0.2) is 57.6 Å². The van der Waals surface area contributed by atoms with E-state index in [0.717, 1.165) is 12.1 Å². The lowest BCUT2D eigenvalue weighted by molar-refractivity contribution is -0.192. The molecule has 154 valence electrons. The second kappa shape index (κ2) is 7.94. The molecule has 2 atom stereocenters. The molecule has 0 aliphatic carbocycles. The normalized spacial score (nSPS) is 20.9. The topological polar surface area (TPSA) is 104 Å². The summed E-state index contributed by atoms with van der Waals surface area (Å²) in [5.74, 6) is -2.78. The third-order valence-corrected chi connectivity index (χ3v) is 4.69. The standard InChI is InChI=1S/C16H15N3O3.C2HF3O2/c20-15-8-14-13(19(15)12-2-1-5-17-9-12)3-6-18(14)16(21)11-4-7-22-10-11;3-2(4,5)1(6)7/h1-2,4-5,7,9-10,13-14H,3,6,8H2;(H,6,7)/t13-,14+;/m0./s1. The number of aliphatic carboxylic acids is 1. The van der Waals surface area contributed by atoms with Gasteiger partial charge in [0.15, 0.2) is 0 Å². The van der Waals surface area contributed by atoms with Gasteiger partial charge in [-0.05, 0) is 24.6 Å². The largest absolute Gasteiger partial charge is 0.490 e. The van der Waals surface area contributed by atoms with E-state index in [1.54, 1.807) is 28.3 Å². The van der Waals surface area contributed by atoms with E-state index in [2.05, 4.69) is 4.98 Å². The third-order valence-electron chi connectivity index (χ3n) is 4.69. The fourth-order valence-electron chi connectivity index (χ4n) is 3.48. The van der Waals surface area contributed by atoms with Crippen molar-refractivity contribution in [2.24, 2.45) is 0 Å². The number of aromatic nitrogens is 1. The second-order valence-electron chi connectivity index (χ2n) is 6.42. The van der Waals surface area contributed by atoms with Gasteiger partial charge in [0.05, 0.1) is 35.8 Å². The summed E-state index contributed by atoms with van der Waals surface area (Å²) in [7, 11) is 0. The van der Waals surface area contributed by atoms with E-state index in [0.29, 0.717) is 18.5 Å². The number of rotatable bonds is 2. The van der Waals surface area contributed by atoms with Crippen molar-refractivity contribution in [2.75, 3.05) is 11.4 Å². The quantitative estimate of drug-likeness (QED) is 0.814. The molecule has 4 rings (SSSR count). The maximum Gasteiger partial charge on any atom is 0.490 e. The van der Waals surface area contributed by atoms with Crippen LogP contribution in [0.1, 0.15) is 23.2 Å². The number of likely N-dealkylation sites (tertiary alicyclic amines) is 1. The number of carboxylic acids is 1. The van der Waals surface area contributed by atoms with E-state index in [-0.39, 0.29) is 23.9 Å².